The smallest absolute Gasteiger partial charge is 0.127 e. The number of hydrogen-bond donors (Lipinski definition) is 1. The van der Waals surface area contributed by atoms with E-state index in [1.807, 2.05) is 0 Å². The Hall–Kier alpha value is -0.600. The quantitative estimate of drug-likeness (QED) is 0.861. The fraction of sp³-hybridized carbons (Fsp3) is 0.538. The third kappa shape index (κ3) is 1.33. The van der Waals surface area contributed by atoms with Gasteiger partial charge >= 0.3 is 0 Å². The minimum absolute atomic E-state index is 0.178. The maximum Gasteiger partial charge on any atom is 0.127 e. The maximum absolute atomic E-state index is 13.6. The summed E-state index contributed by atoms with van der Waals surface area (Å²) in [7, 11) is 0. The molecule has 0 heterocycles. The topological polar surface area (TPSA) is 20.2 Å². The molecular weight excluding hydrogens is 227 g/mol. The number of aliphatic hydroxyl groups excluding tert-OH is 1. The molecular formula is C13H14ClFO. The van der Waals surface area contributed by atoms with Crippen molar-refractivity contribution < 1.29 is 9.50 Å². The van der Waals surface area contributed by atoms with Crippen LogP contribution < -0.4 is 0 Å². The van der Waals surface area contributed by atoms with Gasteiger partial charge in [0.15, 0.2) is 0 Å². The average Bonchev–Trinajstić information content (AvgIpc) is 2.13. The summed E-state index contributed by atoms with van der Waals surface area (Å²) in [6.45, 7) is 0.278. The summed E-state index contributed by atoms with van der Waals surface area (Å²) in [5, 5.41) is 9.70. The Morgan fingerprint density at radius 2 is 1.94 bits per heavy atom. The van der Waals surface area contributed by atoms with Crippen LogP contribution in [-0.4, -0.2) is 11.7 Å². The third-order valence-electron chi connectivity index (χ3n) is 4.20. The molecule has 3 aliphatic carbocycles. The molecule has 3 fully saturated rings. The van der Waals surface area contributed by atoms with E-state index in [0.717, 1.165) is 25.7 Å². The van der Waals surface area contributed by atoms with Gasteiger partial charge in [-0.25, -0.2) is 4.39 Å². The van der Waals surface area contributed by atoms with Crippen molar-refractivity contribution in [3.05, 3.63) is 34.6 Å². The van der Waals surface area contributed by atoms with Gasteiger partial charge in [-0.05, 0) is 48.6 Å². The van der Waals surface area contributed by atoms with Crippen LogP contribution in [0.1, 0.15) is 24.8 Å². The van der Waals surface area contributed by atoms with Gasteiger partial charge in [0.05, 0.1) is 0 Å². The van der Waals surface area contributed by atoms with E-state index in [0.29, 0.717) is 10.6 Å². The van der Waals surface area contributed by atoms with Crippen LogP contribution in [0.15, 0.2) is 18.2 Å². The highest BCUT2D eigenvalue weighted by atomic mass is 35.5. The Labute approximate surface area is 99.2 Å². The molecule has 4 rings (SSSR count). The van der Waals surface area contributed by atoms with Gasteiger partial charge < -0.3 is 5.11 Å². The molecule has 1 N–H and O–H groups in total. The molecule has 0 amide bonds. The summed E-state index contributed by atoms with van der Waals surface area (Å²) in [5.41, 5.74) is 1.06. The minimum Gasteiger partial charge on any atom is -0.396 e. The molecule has 3 heteroatoms. The predicted octanol–water partition coefficient (Wildman–Crippen LogP) is 3.18. The second kappa shape index (κ2) is 3.21. The molecule has 0 unspecified atom stereocenters. The summed E-state index contributed by atoms with van der Waals surface area (Å²) in [6, 6.07) is 4.85. The van der Waals surface area contributed by atoms with Crippen LogP contribution in [0.25, 0.3) is 0 Å². The fourth-order valence-corrected chi connectivity index (χ4v) is 3.89. The highest BCUT2D eigenvalue weighted by Gasteiger charge is 2.66. The fourth-order valence-electron chi connectivity index (χ4n) is 3.66. The number of benzene rings is 1. The number of rotatable bonds is 3. The lowest BCUT2D eigenvalue weighted by atomic mass is 9.34. The first-order chi connectivity index (χ1) is 7.58. The monoisotopic (exact) mass is 240 g/mol. The van der Waals surface area contributed by atoms with Gasteiger partial charge in [0.2, 0.25) is 0 Å². The Morgan fingerprint density at radius 3 is 2.50 bits per heavy atom. The van der Waals surface area contributed by atoms with E-state index in [2.05, 4.69) is 0 Å². The van der Waals surface area contributed by atoms with Crippen LogP contribution in [0.5, 0.6) is 0 Å². The molecule has 2 bridgehead atoms. The van der Waals surface area contributed by atoms with Gasteiger partial charge in [-0.2, -0.15) is 0 Å². The minimum atomic E-state index is -0.199. The standard InChI is InChI=1S/C13H14ClFO/c14-10-2-1-3-11(15)9(10)4-12-5-13(6-12,7-12)8-16/h1-3,16H,4-8H2. The first-order valence-corrected chi connectivity index (χ1v) is 6.00. The summed E-state index contributed by atoms with van der Waals surface area (Å²) >= 11 is 6.01. The van der Waals surface area contributed by atoms with Gasteiger partial charge in [0.1, 0.15) is 5.82 Å². The van der Waals surface area contributed by atoms with E-state index in [9.17, 15) is 9.50 Å². The number of halogens is 2. The number of hydrogen-bond acceptors (Lipinski definition) is 1. The van der Waals surface area contributed by atoms with Crippen molar-refractivity contribution in [1.82, 2.24) is 0 Å². The van der Waals surface area contributed by atoms with Crippen LogP contribution in [0.4, 0.5) is 4.39 Å². The first-order valence-electron chi connectivity index (χ1n) is 5.62. The van der Waals surface area contributed by atoms with Gasteiger partial charge in [-0.1, -0.05) is 17.7 Å². The van der Waals surface area contributed by atoms with E-state index in [-0.39, 0.29) is 23.3 Å². The molecule has 3 saturated carbocycles. The molecule has 1 aromatic rings. The lowest BCUT2D eigenvalue weighted by Gasteiger charge is -2.70. The molecule has 1 nitrogen and oxygen atoms in total. The normalized spacial score (nSPS) is 35.4. The molecule has 86 valence electrons. The van der Waals surface area contributed by atoms with E-state index < -0.39 is 0 Å². The predicted molar refractivity (Wildman–Crippen MR) is 60.9 cm³/mol. The second-order valence-electron chi connectivity index (χ2n) is 5.57. The SMILES string of the molecule is OCC12CC(Cc3c(F)cccc3Cl)(C1)C2. The molecule has 0 aliphatic heterocycles. The van der Waals surface area contributed by atoms with Gasteiger partial charge in [-0.3, -0.25) is 0 Å². The van der Waals surface area contributed by atoms with Crippen LogP contribution in [0, 0.1) is 16.6 Å². The summed E-state index contributed by atoms with van der Waals surface area (Å²) < 4.78 is 13.6. The molecule has 0 radical (unpaired) electrons. The highest BCUT2D eigenvalue weighted by molar-refractivity contribution is 6.31. The van der Waals surface area contributed by atoms with Crippen molar-refractivity contribution in [3.63, 3.8) is 0 Å². The zero-order chi connectivity index (χ0) is 11.4. The summed E-state index contributed by atoms with van der Waals surface area (Å²) in [4.78, 5) is 0. The van der Waals surface area contributed by atoms with Crippen LogP contribution in [0.2, 0.25) is 5.02 Å². The summed E-state index contributed by atoms with van der Waals surface area (Å²) in [5.74, 6) is -0.199. The van der Waals surface area contributed by atoms with Crippen molar-refractivity contribution in [2.45, 2.75) is 25.7 Å². The van der Waals surface area contributed by atoms with E-state index in [1.165, 1.54) is 6.07 Å². The van der Waals surface area contributed by atoms with Gasteiger partial charge in [-0.15, -0.1) is 0 Å². The lowest BCUT2D eigenvalue weighted by molar-refractivity contribution is -0.222. The van der Waals surface area contributed by atoms with Crippen molar-refractivity contribution in [3.8, 4) is 0 Å². The molecule has 0 aromatic heterocycles. The van der Waals surface area contributed by atoms with Crippen molar-refractivity contribution >= 4 is 11.6 Å². The van der Waals surface area contributed by atoms with E-state index in [4.69, 9.17) is 11.6 Å². The van der Waals surface area contributed by atoms with Gasteiger partial charge in [0, 0.05) is 17.2 Å². The van der Waals surface area contributed by atoms with Crippen LogP contribution in [0.3, 0.4) is 0 Å². The molecule has 0 saturated heterocycles. The third-order valence-corrected chi connectivity index (χ3v) is 4.55. The Kier molecular flexibility index (Phi) is 2.11. The van der Waals surface area contributed by atoms with E-state index in [1.54, 1.807) is 12.1 Å². The average molecular weight is 241 g/mol. The molecule has 1 aromatic carbocycles. The van der Waals surface area contributed by atoms with E-state index >= 15 is 0 Å². The maximum atomic E-state index is 13.6. The van der Waals surface area contributed by atoms with Crippen LogP contribution >= 0.6 is 11.6 Å². The van der Waals surface area contributed by atoms with Crippen molar-refractivity contribution in [1.29, 1.82) is 0 Å². The Morgan fingerprint density at radius 1 is 1.25 bits per heavy atom. The molecule has 0 spiro atoms. The summed E-state index contributed by atoms with van der Waals surface area (Å²) in [6.07, 6.45) is 3.81. The molecule has 3 aliphatic rings. The highest BCUT2D eigenvalue weighted by Crippen LogP contribution is 2.74. The Balaban J connectivity index is 1.78. The second-order valence-corrected chi connectivity index (χ2v) is 5.97. The lowest BCUT2D eigenvalue weighted by Crippen LogP contribution is -2.64. The van der Waals surface area contributed by atoms with Crippen LogP contribution in [-0.2, 0) is 6.42 Å². The largest absolute Gasteiger partial charge is 0.396 e. The molecule has 0 atom stereocenters. The van der Waals surface area contributed by atoms with Crippen molar-refractivity contribution in [2.75, 3.05) is 6.61 Å². The molecule has 16 heavy (non-hydrogen) atoms. The van der Waals surface area contributed by atoms with Crippen molar-refractivity contribution in [2.24, 2.45) is 10.8 Å². The van der Waals surface area contributed by atoms with Gasteiger partial charge in [0.25, 0.3) is 0 Å². The zero-order valence-corrected chi connectivity index (χ0v) is 9.73. The Bertz CT molecular complexity index is 404. The first kappa shape index (κ1) is 10.5. The zero-order valence-electron chi connectivity index (χ0n) is 8.97. The number of aliphatic hydroxyl groups is 1.